The molecule has 0 radical (unpaired) electrons. The number of ether oxygens (including phenoxy) is 2. The molecule has 0 spiro atoms. The van der Waals surface area contributed by atoms with Crippen LogP contribution in [-0.2, 0) is 11.0 Å². The number of aliphatic hydroxyl groups is 1. The third-order valence-corrected chi connectivity index (χ3v) is 10.9. The largest absolute Gasteiger partial charge is 0.497 e. The van der Waals surface area contributed by atoms with Gasteiger partial charge in [0.2, 0.25) is 0 Å². The van der Waals surface area contributed by atoms with E-state index >= 15 is 0 Å². The highest BCUT2D eigenvalue weighted by Gasteiger charge is 2.47. The normalized spacial score (nSPS) is 15.7. The summed E-state index contributed by atoms with van der Waals surface area (Å²) in [5, 5.41) is 14.8. The Hall–Kier alpha value is -6.42. The number of benzene rings is 8. The number of aryl methyl sites for hydroxylation is 1. The average molecular weight is 687 g/mol. The molecule has 0 saturated carbocycles. The van der Waals surface area contributed by atoms with Crippen molar-refractivity contribution in [1.82, 2.24) is 0 Å². The van der Waals surface area contributed by atoms with Gasteiger partial charge in [0.05, 0.1) is 12.5 Å². The van der Waals surface area contributed by atoms with E-state index in [1.165, 1.54) is 49.7 Å². The second-order valence-corrected chi connectivity index (χ2v) is 13.8. The van der Waals surface area contributed by atoms with E-state index in [0.717, 1.165) is 28.2 Å². The van der Waals surface area contributed by atoms with E-state index in [1.54, 1.807) is 7.11 Å². The smallest absolute Gasteiger partial charge is 0.140 e. The lowest BCUT2D eigenvalue weighted by molar-refractivity contribution is 0.125. The predicted molar refractivity (Wildman–Crippen MR) is 214 cm³/mol. The molecule has 3 heteroatoms. The van der Waals surface area contributed by atoms with Gasteiger partial charge in [0.1, 0.15) is 22.8 Å². The van der Waals surface area contributed by atoms with E-state index in [4.69, 9.17) is 9.47 Å². The summed E-state index contributed by atoms with van der Waals surface area (Å²) < 4.78 is 11.9. The second-order valence-electron chi connectivity index (χ2n) is 13.8. The third-order valence-electron chi connectivity index (χ3n) is 10.9. The van der Waals surface area contributed by atoms with E-state index in [0.29, 0.717) is 5.75 Å². The van der Waals surface area contributed by atoms with Crippen molar-refractivity contribution in [2.24, 2.45) is 0 Å². The van der Waals surface area contributed by atoms with Crippen LogP contribution in [0.25, 0.3) is 21.9 Å². The summed E-state index contributed by atoms with van der Waals surface area (Å²) in [6.07, 6.45) is 0. The minimum absolute atomic E-state index is 0.524. The van der Waals surface area contributed by atoms with Gasteiger partial charge in [0.25, 0.3) is 0 Å². The van der Waals surface area contributed by atoms with Crippen LogP contribution < -0.4 is 9.47 Å². The fourth-order valence-corrected chi connectivity index (χ4v) is 8.33. The summed E-state index contributed by atoms with van der Waals surface area (Å²) >= 11 is 0. The van der Waals surface area contributed by atoms with Crippen molar-refractivity contribution in [2.75, 3.05) is 7.11 Å². The SMILES string of the molecule is COc1ccc(C(O)(c2ccccc2)c2ccc(Oc3ccc(C4(c5ccc(C)cc5)c5ccccc5-c5ccc6ccccc6c54)cc3)cc2)cc1. The van der Waals surface area contributed by atoms with Gasteiger partial charge in [-0.05, 0) is 104 Å². The van der Waals surface area contributed by atoms with Gasteiger partial charge in [-0.3, -0.25) is 0 Å². The average Bonchev–Trinajstić information content (AvgIpc) is 3.53. The molecule has 8 aromatic carbocycles. The van der Waals surface area contributed by atoms with Crippen LogP contribution in [0.2, 0.25) is 0 Å². The summed E-state index contributed by atoms with van der Waals surface area (Å²) in [7, 11) is 1.64. The van der Waals surface area contributed by atoms with Gasteiger partial charge in [0.15, 0.2) is 0 Å². The summed E-state index contributed by atoms with van der Waals surface area (Å²) in [5.41, 5.74) is 9.15. The van der Waals surface area contributed by atoms with Crippen molar-refractivity contribution in [3.8, 4) is 28.4 Å². The van der Waals surface area contributed by atoms with E-state index < -0.39 is 11.0 Å². The zero-order chi connectivity index (χ0) is 36.0. The molecule has 2 atom stereocenters. The molecule has 0 bridgehead atoms. The summed E-state index contributed by atoms with van der Waals surface area (Å²) in [6, 6.07) is 64.7. The predicted octanol–water partition coefficient (Wildman–Crippen LogP) is 11.6. The molecular weight excluding hydrogens is 649 g/mol. The lowest BCUT2D eigenvalue weighted by atomic mass is 9.66. The van der Waals surface area contributed by atoms with Crippen molar-refractivity contribution in [3.05, 3.63) is 233 Å². The molecule has 1 aliphatic rings. The van der Waals surface area contributed by atoms with Gasteiger partial charge in [-0.2, -0.15) is 0 Å². The van der Waals surface area contributed by atoms with Crippen LogP contribution >= 0.6 is 0 Å². The Bertz CT molecular complexity index is 2560. The van der Waals surface area contributed by atoms with E-state index in [2.05, 4.69) is 116 Å². The van der Waals surface area contributed by atoms with Crippen LogP contribution in [0.1, 0.15) is 44.5 Å². The van der Waals surface area contributed by atoms with E-state index in [-0.39, 0.29) is 0 Å². The Balaban J connectivity index is 1.11. The van der Waals surface area contributed by atoms with Crippen LogP contribution in [-0.4, -0.2) is 12.2 Å². The maximum atomic E-state index is 12.4. The topological polar surface area (TPSA) is 38.7 Å². The van der Waals surface area contributed by atoms with Crippen molar-refractivity contribution in [1.29, 1.82) is 0 Å². The molecule has 1 N–H and O–H groups in total. The monoisotopic (exact) mass is 686 g/mol. The van der Waals surface area contributed by atoms with Crippen LogP contribution in [0, 0.1) is 6.92 Å². The summed E-state index contributed by atoms with van der Waals surface area (Å²) in [5.74, 6) is 2.15. The zero-order valence-corrected chi connectivity index (χ0v) is 29.7. The molecule has 0 amide bonds. The van der Waals surface area contributed by atoms with Gasteiger partial charge in [-0.1, -0.05) is 157 Å². The summed E-state index contributed by atoms with van der Waals surface area (Å²) in [6.45, 7) is 2.14. The second kappa shape index (κ2) is 13.0. The van der Waals surface area contributed by atoms with Gasteiger partial charge >= 0.3 is 0 Å². The molecule has 0 aromatic heterocycles. The Kier molecular flexibility index (Phi) is 7.95. The molecular formula is C50H38O3. The molecule has 256 valence electrons. The van der Waals surface area contributed by atoms with Crippen molar-refractivity contribution in [2.45, 2.75) is 17.9 Å². The van der Waals surface area contributed by atoms with E-state index in [9.17, 15) is 5.11 Å². The Labute approximate surface area is 310 Å². The van der Waals surface area contributed by atoms with Crippen LogP contribution in [0.4, 0.5) is 0 Å². The van der Waals surface area contributed by atoms with Gasteiger partial charge in [-0.15, -0.1) is 0 Å². The first kappa shape index (κ1) is 32.5. The first-order valence-corrected chi connectivity index (χ1v) is 18.0. The van der Waals surface area contributed by atoms with Crippen LogP contribution in [0.5, 0.6) is 17.2 Å². The van der Waals surface area contributed by atoms with Gasteiger partial charge in [0, 0.05) is 0 Å². The Morgan fingerprint density at radius 1 is 0.472 bits per heavy atom. The maximum Gasteiger partial charge on any atom is 0.140 e. The van der Waals surface area contributed by atoms with E-state index in [1.807, 2.05) is 78.9 Å². The van der Waals surface area contributed by atoms with Crippen molar-refractivity contribution < 1.29 is 14.6 Å². The molecule has 0 heterocycles. The lowest BCUT2D eigenvalue weighted by Gasteiger charge is -2.35. The standard InChI is InChI=1S/C50H38O3/c1-34-16-19-36(20-17-34)49(47-15-9-8-14-45(47)46-33-18-35-10-6-7-13-44(35)48(46)49)37-21-29-42(30-22-37)53-43-31-25-40(26-32-43)50(51,38-11-4-3-5-12-38)39-23-27-41(52-2)28-24-39/h3-33,51H,1-2H3. The highest BCUT2D eigenvalue weighted by molar-refractivity contribution is 6.00. The van der Waals surface area contributed by atoms with Crippen molar-refractivity contribution >= 4 is 10.8 Å². The molecule has 1 aliphatic carbocycles. The first-order valence-electron chi connectivity index (χ1n) is 18.0. The number of hydrogen-bond donors (Lipinski definition) is 1. The fourth-order valence-electron chi connectivity index (χ4n) is 8.33. The quantitative estimate of drug-likeness (QED) is 0.162. The molecule has 0 aliphatic heterocycles. The number of hydrogen-bond acceptors (Lipinski definition) is 3. The van der Waals surface area contributed by atoms with Crippen LogP contribution in [0.15, 0.2) is 188 Å². The Morgan fingerprint density at radius 2 is 1.00 bits per heavy atom. The number of methoxy groups -OCH3 is 1. The minimum Gasteiger partial charge on any atom is -0.497 e. The third kappa shape index (κ3) is 5.24. The molecule has 0 saturated heterocycles. The van der Waals surface area contributed by atoms with Crippen molar-refractivity contribution in [3.63, 3.8) is 0 Å². The Morgan fingerprint density at radius 3 is 1.66 bits per heavy atom. The highest BCUT2D eigenvalue weighted by Crippen LogP contribution is 2.58. The van der Waals surface area contributed by atoms with Gasteiger partial charge in [-0.25, -0.2) is 0 Å². The number of rotatable bonds is 8. The maximum absolute atomic E-state index is 12.4. The molecule has 9 rings (SSSR count). The molecule has 2 unspecified atom stereocenters. The highest BCUT2D eigenvalue weighted by atomic mass is 16.5. The number of fused-ring (bicyclic) bond motifs is 5. The zero-order valence-electron chi connectivity index (χ0n) is 29.7. The van der Waals surface area contributed by atoms with Gasteiger partial charge < -0.3 is 14.6 Å². The molecule has 8 aromatic rings. The van der Waals surface area contributed by atoms with Crippen LogP contribution in [0.3, 0.4) is 0 Å². The molecule has 53 heavy (non-hydrogen) atoms. The minimum atomic E-state index is -1.37. The molecule has 3 nitrogen and oxygen atoms in total. The summed E-state index contributed by atoms with van der Waals surface area (Å²) in [4.78, 5) is 0. The molecule has 0 fully saturated rings. The first-order chi connectivity index (χ1) is 26.0. The lowest BCUT2D eigenvalue weighted by Crippen LogP contribution is -2.29. The fraction of sp³-hybridized carbons (Fsp3) is 0.0800.